The quantitative estimate of drug-likeness (QED) is 0.911. The molecule has 0 amide bonds. The first-order chi connectivity index (χ1) is 9.11. The number of methoxy groups -OCH3 is 1. The molecule has 1 heterocycles. The van der Waals surface area contributed by atoms with Gasteiger partial charge in [-0.15, -0.1) is 11.3 Å². The Morgan fingerprint density at radius 1 is 1.47 bits per heavy atom. The molecule has 3 nitrogen and oxygen atoms in total. The topological polar surface area (TPSA) is 34.1 Å². The van der Waals surface area contributed by atoms with E-state index in [2.05, 4.69) is 10.3 Å². The first-order valence-corrected chi connectivity index (χ1v) is 6.96. The molecule has 0 saturated carbocycles. The van der Waals surface area contributed by atoms with Gasteiger partial charge >= 0.3 is 0 Å². The van der Waals surface area contributed by atoms with E-state index in [-0.39, 0.29) is 17.6 Å². The Balaban J connectivity index is 2.02. The van der Waals surface area contributed by atoms with Crippen LogP contribution >= 0.6 is 11.3 Å². The van der Waals surface area contributed by atoms with Gasteiger partial charge in [0.2, 0.25) is 0 Å². The fraction of sp³-hybridized carbons (Fsp3) is 0.357. The molecular formula is C14H17FN2OS. The Kier molecular flexibility index (Phi) is 4.50. The van der Waals surface area contributed by atoms with Crippen molar-refractivity contribution < 1.29 is 9.13 Å². The highest BCUT2D eigenvalue weighted by Crippen LogP contribution is 2.22. The molecule has 1 atom stereocenters. The number of ether oxygens (including phenoxy) is 1. The molecule has 2 aromatic rings. The Hall–Kier alpha value is -1.46. The number of nitrogens with zero attached hydrogens (tertiary/aromatic N) is 1. The van der Waals surface area contributed by atoms with Gasteiger partial charge in [-0.3, -0.25) is 0 Å². The van der Waals surface area contributed by atoms with E-state index in [0.717, 1.165) is 10.7 Å². The number of aryl methyl sites for hydroxylation is 1. The molecule has 1 N–H and O–H groups in total. The smallest absolute Gasteiger partial charge is 0.169 e. The lowest BCUT2D eigenvalue weighted by Crippen LogP contribution is -2.18. The summed E-state index contributed by atoms with van der Waals surface area (Å²) in [4.78, 5) is 4.42. The Morgan fingerprint density at radius 3 is 2.89 bits per heavy atom. The second-order valence-electron chi connectivity index (χ2n) is 4.36. The minimum atomic E-state index is -0.306. The van der Waals surface area contributed by atoms with Crippen molar-refractivity contribution in [1.29, 1.82) is 0 Å². The molecule has 0 bridgehead atoms. The third-order valence-electron chi connectivity index (χ3n) is 2.87. The van der Waals surface area contributed by atoms with Gasteiger partial charge in [0.25, 0.3) is 0 Å². The third kappa shape index (κ3) is 3.30. The Labute approximate surface area is 116 Å². The molecule has 2 rings (SSSR count). The molecular weight excluding hydrogens is 263 g/mol. The van der Waals surface area contributed by atoms with Gasteiger partial charge in [0.05, 0.1) is 13.2 Å². The van der Waals surface area contributed by atoms with Gasteiger partial charge in [-0.25, -0.2) is 9.37 Å². The minimum absolute atomic E-state index is 0.101. The van der Waals surface area contributed by atoms with Crippen LogP contribution in [0.2, 0.25) is 0 Å². The van der Waals surface area contributed by atoms with Gasteiger partial charge in [0, 0.05) is 23.2 Å². The van der Waals surface area contributed by atoms with Gasteiger partial charge < -0.3 is 10.1 Å². The average Bonchev–Trinajstić information content (AvgIpc) is 2.84. The van der Waals surface area contributed by atoms with Crippen LogP contribution in [-0.2, 0) is 6.54 Å². The summed E-state index contributed by atoms with van der Waals surface area (Å²) in [5, 5.41) is 6.30. The van der Waals surface area contributed by atoms with Crippen molar-refractivity contribution in [3.8, 4) is 5.75 Å². The number of hydrogen-bond donors (Lipinski definition) is 1. The Morgan fingerprint density at radius 2 is 2.26 bits per heavy atom. The van der Waals surface area contributed by atoms with E-state index in [4.69, 9.17) is 4.74 Å². The lowest BCUT2D eigenvalue weighted by atomic mass is 10.2. The van der Waals surface area contributed by atoms with Gasteiger partial charge in [0.15, 0.2) is 11.6 Å². The highest BCUT2D eigenvalue weighted by Gasteiger charge is 2.12. The molecule has 0 spiro atoms. The SMILES string of the molecule is COc1cccc(CNC(C)c2nc(C)cs2)c1F. The van der Waals surface area contributed by atoms with Crippen molar-refractivity contribution in [2.75, 3.05) is 7.11 Å². The molecule has 5 heteroatoms. The van der Waals surface area contributed by atoms with Crippen molar-refractivity contribution >= 4 is 11.3 Å². The summed E-state index contributed by atoms with van der Waals surface area (Å²) < 4.78 is 18.9. The molecule has 0 radical (unpaired) electrons. The summed E-state index contributed by atoms with van der Waals surface area (Å²) in [7, 11) is 1.47. The maximum atomic E-state index is 14.0. The van der Waals surface area contributed by atoms with Crippen molar-refractivity contribution in [2.45, 2.75) is 26.4 Å². The predicted octanol–water partition coefficient (Wildman–Crippen LogP) is 3.45. The number of aromatic nitrogens is 1. The van der Waals surface area contributed by atoms with Gasteiger partial charge in [-0.05, 0) is 19.9 Å². The highest BCUT2D eigenvalue weighted by molar-refractivity contribution is 7.09. The van der Waals surface area contributed by atoms with E-state index in [0.29, 0.717) is 12.1 Å². The summed E-state index contributed by atoms with van der Waals surface area (Å²) >= 11 is 1.61. The molecule has 1 aromatic heterocycles. The van der Waals surface area contributed by atoms with Gasteiger partial charge in [-0.2, -0.15) is 0 Å². The summed E-state index contributed by atoms with van der Waals surface area (Å²) in [5.74, 6) is -0.0305. The van der Waals surface area contributed by atoms with Crippen molar-refractivity contribution in [2.24, 2.45) is 0 Å². The summed E-state index contributed by atoms with van der Waals surface area (Å²) in [6.45, 7) is 4.44. The van der Waals surface area contributed by atoms with Crippen LogP contribution in [0.15, 0.2) is 23.6 Å². The zero-order valence-corrected chi connectivity index (χ0v) is 12.1. The van der Waals surface area contributed by atoms with Crippen LogP contribution in [-0.4, -0.2) is 12.1 Å². The van der Waals surface area contributed by atoms with Gasteiger partial charge in [0.1, 0.15) is 5.01 Å². The molecule has 19 heavy (non-hydrogen) atoms. The van der Waals surface area contributed by atoms with Crippen molar-refractivity contribution in [3.05, 3.63) is 45.7 Å². The molecule has 0 fully saturated rings. The van der Waals surface area contributed by atoms with Gasteiger partial charge in [-0.1, -0.05) is 12.1 Å². The first-order valence-electron chi connectivity index (χ1n) is 6.08. The number of rotatable bonds is 5. The zero-order valence-electron chi connectivity index (χ0n) is 11.2. The first kappa shape index (κ1) is 14.0. The van der Waals surface area contributed by atoms with E-state index in [1.54, 1.807) is 29.5 Å². The maximum Gasteiger partial charge on any atom is 0.169 e. The fourth-order valence-electron chi connectivity index (χ4n) is 1.77. The molecule has 102 valence electrons. The van der Waals surface area contributed by atoms with Crippen LogP contribution in [0.1, 0.15) is 29.2 Å². The van der Waals surface area contributed by atoms with Crippen LogP contribution in [0.3, 0.4) is 0 Å². The monoisotopic (exact) mass is 280 g/mol. The summed E-state index contributed by atoms with van der Waals surface area (Å²) in [5.41, 5.74) is 1.61. The van der Waals surface area contributed by atoms with Crippen LogP contribution in [0, 0.1) is 12.7 Å². The number of nitrogens with one attached hydrogen (secondary N) is 1. The number of benzene rings is 1. The standard InChI is InChI=1S/C14H17FN2OS/c1-9-8-19-14(17-9)10(2)16-7-11-5-4-6-12(18-3)13(11)15/h4-6,8,10,16H,7H2,1-3H3. The predicted molar refractivity (Wildman–Crippen MR) is 75.1 cm³/mol. The lowest BCUT2D eigenvalue weighted by Gasteiger charge is -2.12. The maximum absolute atomic E-state index is 14.0. The normalized spacial score (nSPS) is 12.4. The van der Waals surface area contributed by atoms with Crippen molar-refractivity contribution in [1.82, 2.24) is 10.3 Å². The van der Waals surface area contributed by atoms with E-state index >= 15 is 0 Å². The third-order valence-corrected chi connectivity index (χ3v) is 4.01. The molecule has 0 aliphatic heterocycles. The lowest BCUT2D eigenvalue weighted by molar-refractivity contribution is 0.382. The summed E-state index contributed by atoms with van der Waals surface area (Å²) in [6.07, 6.45) is 0. The second kappa shape index (κ2) is 6.12. The minimum Gasteiger partial charge on any atom is -0.494 e. The van der Waals surface area contributed by atoms with Crippen molar-refractivity contribution in [3.63, 3.8) is 0 Å². The number of halogens is 1. The molecule has 0 aliphatic carbocycles. The molecule has 0 saturated heterocycles. The van der Waals surface area contributed by atoms with E-state index in [9.17, 15) is 4.39 Å². The van der Waals surface area contributed by atoms with Crippen LogP contribution in [0.25, 0.3) is 0 Å². The molecule has 1 unspecified atom stereocenters. The zero-order chi connectivity index (χ0) is 13.8. The average molecular weight is 280 g/mol. The van der Waals surface area contributed by atoms with E-state index < -0.39 is 0 Å². The van der Waals surface area contributed by atoms with E-state index in [1.165, 1.54) is 7.11 Å². The Bertz CT molecular complexity index is 556. The highest BCUT2D eigenvalue weighted by atomic mass is 32.1. The second-order valence-corrected chi connectivity index (χ2v) is 5.25. The van der Waals surface area contributed by atoms with Crippen LogP contribution < -0.4 is 10.1 Å². The van der Waals surface area contributed by atoms with E-state index in [1.807, 2.05) is 19.2 Å². The largest absolute Gasteiger partial charge is 0.494 e. The van der Waals surface area contributed by atoms with Crippen LogP contribution in [0.4, 0.5) is 4.39 Å². The number of thiazole rings is 1. The molecule has 0 aliphatic rings. The molecule has 1 aromatic carbocycles. The summed E-state index contributed by atoms with van der Waals surface area (Å²) in [6, 6.07) is 5.26. The fourth-order valence-corrected chi connectivity index (χ4v) is 2.60. The van der Waals surface area contributed by atoms with Crippen LogP contribution in [0.5, 0.6) is 5.75 Å². The number of hydrogen-bond acceptors (Lipinski definition) is 4.